The molecule has 0 saturated carbocycles. The molecule has 0 aliphatic heterocycles. The van der Waals surface area contributed by atoms with Gasteiger partial charge in [0.25, 0.3) is 0 Å². The molecule has 0 spiro atoms. The van der Waals surface area contributed by atoms with Gasteiger partial charge < -0.3 is 0 Å². The highest BCUT2D eigenvalue weighted by Gasteiger charge is 2.54. The highest BCUT2D eigenvalue weighted by atomic mass is 19.4. The van der Waals surface area contributed by atoms with Crippen molar-refractivity contribution in [1.29, 1.82) is 0 Å². The zero-order valence-corrected chi connectivity index (χ0v) is 9.89. The minimum atomic E-state index is -4.99. The molecule has 6 heteroatoms. The Labute approximate surface area is 110 Å². The van der Waals surface area contributed by atoms with E-state index in [0.717, 1.165) is 0 Å². The fourth-order valence-electron chi connectivity index (χ4n) is 3.00. The molecular formula is C14H8F6. The summed E-state index contributed by atoms with van der Waals surface area (Å²) in [6, 6.07) is 5.98. The third kappa shape index (κ3) is 1.77. The number of rotatable bonds is 0. The first-order valence-electron chi connectivity index (χ1n) is 5.87. The van der Waals surface area contributed by atoms with E-state index in [1.165, 1.54) is 36.4 Å². The van der Waals surface area contributed by atoms with Crippen molar-refractivity contribution < 1.29 is 26.3 Å². The molecule has 1 aromatic rings. The molecule has 0 N–H and O–H groups in total. The lowest BCUT2D eigenvalue weighted by Crippen LogP contribution is -2.35. The Morgan fingerprint density at radius 3 is 1.30 bits per heavy atom. The van der Waals surface area contributed by atoms with Gasteiger partial charge in [-0.1, -0.05) is 36.4 Å². The second-order valence-corrected chi connectivity index (χ2v) is 4.79. The van der Waals surface area contributed by atoms with Crippen LogP contribution in [0.4, 0.5) is 26.3 Å². The molecular weight excluding hydrogens is 282 g/mol. The fourth-order valence-corrected chi connectivity index (χ4v) is 3.00. The zero-order valence-electron chi connectivity index (χ0n) is 9.89. The number of allylic oxidation sites excluding steroid dienone is 4. The lowest BCUT2D eigenvalue weighted by molar-refractivity contribution is -0.121. The summed E-state index contributed by atoms with van der Waals surface area (Å²) in [5.41, 5.74) is -2.34. The van der Waals surface area contributed by atoms with Gasteiger partial charge in [-0.05, 0) is 11.1 Å². The molecule has 2 bridgehead atoms. The average Bonchev–Trinajstić information content (AvgIpc) is 2.36. The van der Waals surface area contributed by atoms with E-state index in [0.29, 0.717) is 11.1 Å². The Hall–Kier alpha value is -1.72. The van der Waals surface area contributed by atoms with Crippen molar-refractivity contribution in [3.05, 3.63) is 58.7 Å². The van der Waals surface area contributed by atoms with Gasteiger partial charge in [0.1, 0.15) is 0 Å². The molecule has 1 aromatic carbocycles. The maximum Gasteiger partial charge on any atom is 0.413 e. The van der Waals surface area contributed by atoms with Crippen LogP contribution in [0, 0.1) is 0 Å². The minimum absolute atomic E-state index is 0.306. The summed E-state index contributed by atoms with van der Waals surface area (Å²) in [7, 11) is 0. The Morgan fingerprint density at radius 2 is 1.00 bits per heavy atom. The van der Waals surface area contributed by atoms with Crippen LogP contribution in [-0.2, 0) is 0 Å². The number of benzene rings is 1. The van der Waals surface area contributed by atoms with Crippen LogP contribution in [0.25, 0.3) is 0 Å². The van der Waals surface area contributed by atoms with E-state index in [1.807, 2.05) is 0 Å². The molecule has 0 aromatic heterocycles. The zero-order chi connectivity index (χ0) is 14.7. The summed E-state index contributed by atoms with van der Waals surface area (Å²) in [5.74, 6) is -2.74. The highest BCUT2D eigenvalue weighted by Crippen LogP contribution is 2.57. The SMILES string of the molecule is FC(F)(F)C1=C(C(F)(F)F)C2C=CC1c1ccccc12. The third-order valence-corrected chi connectivity index (χ3v) is 3.69. The Balaban J connectivity index is 2.29. The first-order valence-corrected chi connectivity index (χ1v) is 5.87. The molecule has 3 aliphatic rings. The smallest absolute Gasteiger partial charge is 0.166 e. The molecule has 0 amide bonds. The quantitative estimate of drug-likeness (QED) is 0.473. The van der Waals surface area contributed by atoms with Crippen LogP contribution in [0.2, 0.25) is 0 Å². The van der Waals surface area contributed by atoms with E-state index in [9.17, 15) is 26.3 Å². The molecule has 0 heterocycles. The maximum atomic E-state index is 13.1. The number of hydrogen-bond acceptors (Lipinski definition) is 0. The maximum absolute atomic E-state index is 13.1. The van der Waals surface area contributed by atoms with Gasteiger partial charge in [-0.2, -0.15) is 26.3 Å². The monoisotopic (exact) mass is 290 g/mol. The van der Waals surface area contributed by atoms with Gasteiger partial charge in [-0.3, -0.25) is 0 Å². The predicted molar refractivity (Wildman–Crippen MR) is 60.2 cm³/mol. The fraction of sp³-hybridized carbons (Fsp3) is 0.286. The number of hydrogen-bond donors (Lipinski definition) is 0. The summed E-state index contributed by atoms with van der Waals surface area (Å²) in [6.07, 6.45) is -7.56. The Bertz CT molecular complexity index is 564. The van der Waals surface area contributed by atoms with Gasteiger partial charge in [0.15, 0.2) is 0 Å². The van der Waals surface area contributed by atoms with Gasteiger partial charge >= 0.3 is 12.4 Å². The molecule has 4 rings (SSSR count). The lowest BCUT2D eigenvalue weighted by atomic mass is 9.67. The van der Waals surface area contributed by atoms with Gasteiger partial charge in [-0.15, -0.1) is 0 Å². The summed E-state index contributed by atoms with van der Waals surface area (Å²) in [5, 5.41) is 0. The largest absolute Gasteiger partial charge is 0.413 e. The average molecular weight is 290 g/mol. The van der Waals surface area contributed by atoms with Crippen LogP contribution in [0.1, 0.15) is 23.0 Å². The molecule has 0 saturated heterocycles. The van der Waals surface area contributed by atoms with Crippen molar-refractivity contribution in [3.8, 4) is 0 Å². The molecule has 0 fully saturated rings. The minimum Gasteiger partial charge on any atom is -0.166 e. The normalized spacial score (nSPS) is 25.1. The van der Waals surface area contributed by atoms with Gasteiger partial charge in [0.05, 0.1) is 11.1 Å². The van der Waals surface area contributed by atoms with Crippen molar-refractivity contribution in [2.24, 2.45) is 0 Å². The predicted octanol–water partition coefficient (Wildman–Crippen LogP) is 4.86. The second kappa shape index (κ2) is 3.90. The summed E-state index contributed by atoms with van der Waals surface area (Å²) in [6.45, 7) is 0. The van der Waals surface area contributed by atoms with Gasteiger partial charge in [0.2, 0.25) is 0 Å². The van der Waals surface area contributed by atoms with Crippen LogP contribution in [0.15, 0.2) is 47.6 Å². The van der Waals surface area contributed by atoms with Crippen molar-refractivity contribution in [2.75, 3.05) is 0 Å². The van der Waals surface area contributed by atoms with E-state index in [-0.39, 0.29) is 0 Å². The standard InChI is InChI=1S/C14H8F6/c15-13(16,17)11-9-5-6-10(12(11)14(18,19)20)8-4-2-1-3-7(8)9/h1-6,9-10H. The van der Waals surface area contributed by atoms with Crippen LogP contribution in [0.5, 0.6) is 0 Å². The van der Waals surface area contributed by atoms with E-state index >= 15 is 0 Å². The van der Waals surface area contributed by atoms with Crippen LogP contribution in [-0.4, -0.2) is 12.4 Å². The molecule has 106 valence electrons. The van der Waals surface area contributed by atoms with Crippen molar-refractivity contribution >= 4 is 0 Å². The third-order valence-electron chi connectivity index (χ3n) is 3.69. The van der Waals surface area contributed by atoms with E-state index in [2.05, 4.69) is 0 Å². The lowest BCUT2D eigenvalue weighted by Gasteiger charge is -2.39. The molecule has 2 atom stereocenters. The molecule has 20 heavy (non-hydrogen) atoms. The molecule has 2 unspecified atom stereocenters. The topological polar surface area (TPSA) is 0 Å². The molecule has 0 nitrogen and oxygen atoms in total. The Morgan fingerprint density at radius 1 is 0.650 bits per heavy atom. The Kier molecular flexibility index (Phi) is 2.59. The van der Waals surface area contributed by atoms with Crippen LogP contribution >= 0.6 is 0 Å². The number of alkyl halides is 6. The summed E-state index contributed by atoms with van der Waals surface area (Å²) >= 11 is 0. The van der Waals surface area contributed by atoms with E-state index in [4.69, 9.17) is 0 Å². The molecule has 0 radical (unpaired) electrons. The van der Waals surface area contributed by atoms with Crippen molar-refractivity contribution in [1.82, 2.24) is 0 Å². The highest BCUT2D eigenvalue weighted by molar-refractivity contribution is 5.59. The molecule has 3 aliphatic carbocycles. The first kappa shape index (κ1) is 13.3. The van der Waals surface area contributed by atoms with Gasteiger partial charge in [0, 0.05) is 11.8 Å². The first-order chi connectivity index (χ1) is 9.21. The van der Waals surface area contributed by atoms with E-state index < -0.39 is 35.3 Å². The van der Waals surface area contributed by atoms with Crippen molar-refractivity contribution in [2.45, 2.75) is 24.2 Å². The summed E-state index contributed by atoms with van der Waals surface area (Å²) < 4.78 is 78.5. The van der Waals surface area contributed by atoms with Gasteiger partial charge in [-0.25, -0.2) is 0 Å². The van der Waals surface area contributed by atoms with Crippen LogP contribution < -0.4 is 0 Å². The summed E-state index contributed by atoms with van der Waals surface area (Å²) in [4.78, 5) is 0. The second-order valence-electron chi connectivity index (χ2n) is 4.79. The van der Waals surface area contributed by atoms with E-state index in [1.54, 1.807) is 0 Å². The number of halogens is 6. The van der Waals surface area contributed by atoms with Crippen LogP contribution in [0.3, 0.4) is 0 Å². The van der Waals surface area contributed by atoms with Crippen molar-refractivity contribution in [3.63, 3.8) is 0 Å².